The molecule has 0 unspecified atom stereocenters. The van der Waals surface area contributed by atoms with E-state index in [1.54, 1.807) is 0 Å². The van der Waals surface area contributed by atoms with Gasteiger partial charge in [-0.3, -0.25) is 4.90 Å². The number of hydrogen-bond acceptors (Lipinski definition) is 3. The molecule has 0 amide bonds. The van der Waals surface area contributed by atoms with Crippen LogP contribution in [0.4, 0.5) is 0 Å². The summed E-state index contributed by atoms with van der Waals surface area (Å²) < 4.78 is 6.27. The second kappa shape index (κ2) is 5.97. The van der Waals surface area contributed by atoms with Gasteiger partial charge < -0.3 is 4.74 Å². The number of rotatable bonds is 2. The van der Waals surface area contributed by atoms with Crippen molar-refractivity contribution in [3.05, 3.63) is 56.7 Å². The van der Waals surface area contributed by atoms with E-state index >= 15 is 0 Å². The van der Waals surface area contributed by atoms with Crippen molar-refractivity contribution in [1.29, 1.82) is 0 Å². The standard InChI is InChI=1S/C18H20ClNOS/c19-15-3-1-14(2-4-15)13-20-9-7-18(8-10-20)16-6-12-22-17(16)5-11-21-18/h1-4,6,12H,5,7-11,13H2. The third kappa shape index (κ3) is 2.71. The van der Waals surface area contributed by atoms with E-state index in [2.05, 4.69) is 28.5 Å². The first kappa shape index (κ1) is 14.7. The van der Waals surface area contributed by atoms with Gasteiger partial charge in [0.25, 0.3) is 0 Å². The highest BCUT2D eigenvalue weighted by atomic mass is 35.5. The van der Waals surface area contributed by atoms with E-state index in [-0.39, 0.29) is 5.60 Å². The Hall–Kier alpha value is -0.870. The Kier molecular flexibility index (Phi) is 3.99. The summed E-state index contributed by atoms with van der Waals surface area (Å²) in [6.07, 6.45) is 3.29. The van der Waals surface area contributed by atoms with E-state index in [4.69, 9.17) is 16.3 Å². The molecule has 2 aliphatic heterocycles. The zero-order valence-corrected chi connectivity index (χ0v) is 14.1. The Morgan fingerprint density at radius 1 is 1.14 bits per heavy atom. The Labute approximate surface area is 140 Å². The SMILES string of the molecule is Clc1ccc(CN2CCC3(CC2)OCCc2sccc23)cc1. The maximum atomic E-state index is 6.27. The molecule has 0 N–H and O–H groups in total. The molecule has 1 aromatic heterocycles. The predicted molar refractivity (Wildman–Crippen MR) is 91.6 cm³/mol. The molecule has 0 bridgehead atoms. The second-order valence-corrected chi connectivity index (χ2v) is 7.69. The number of fused-ring (bicyclic) bond motifs is 2. The van der Waals surface area contributed by atoms with Crippen LogP contribution in [0.25, 0.3) is 0 Å². The van der Waals surface area contributed by atoms with Crippen LogP contribution in [0.1, 0.15) is 28.8 Å². The van der Waals surface area contributed by atoms with Crippen LogP contribution < -0.4 is 0 Å². The molecule has 2 nitrogen and oxygen atoms in total. The van der Waals surface area contributed by atoms with Crippen molar-refractivity contribution >= 4 is 22.9 Å². The summed E-state index contributed by atoms with van der Waals surface area (Å²) >= 11 is 7.85. The molecule has 4 heteroatoms. The van der Waals surface area contributed by atoms with E-state index in [0.29, 0.717) is 0 Å². The Morgan fingerprint density at radius 2 is 1.91 bits per heavy atom. The molecule has 0 saturated carbocycles. The highest BCUT2D eigenvalue weighted by Crippen LogP contribution is 2.43. The predicted octanol–water partition coefficient (Wildman–Crippen LogP) is 4.47. The largest absolute Gasteiger partial charge is 0.370 e. The van der Waals surface area contributed by atoms with Crippen molar-refractivity contribution in [1.82, 2.24) is 4.90 Å². The first-order valence-corrected chi connectivity index (χ1v) is 9.19. The van der Waals surface area contributed by atoms with Crippen molar-refractivity contribution in [3.8, 4) is 0 Å². The number of halogens is 1. The fourth-order valence-electron chi connectivity index (χ4n) is 3.69. The molecule has 3 heterocycles. The molecule has 2 aromatic rings. The van der Waals surface area contributed by atoms with Gasteiger partial charge in [-0.15, -0.1) is 11.3 Å². The summed E-state index contributed by atoms with van der Waals surface area (Å²) in [7, 11) is 0. The quantitative estimate of drug-likeness (QED) is 0.804. The Morgan fingerprint density at radius 3 is 2.68 bits per heavy atom. The zero-order chi connectivity index (χ0) is 15.0. The van der Waals surface area contributed by atoms with Crippen LogP contribution in [0, 0.1) is 0 Å². The van der Waals surface area contributed by atoms with Crippen LogP contribution in [0.15, 0.2) is 35.7 Å². The third-order valence-electron chi connectivity index (χ3n) is 4.93. The number of benzene rings is 1. The first-order chi connectivity index (χ1) is 10.8. The molecule has 0 aliphatic carbocycles. The van der Waals surface area contributed by atoms with Crippen LogP contribution in [-0.2, 0) is 23.3 Å². The highest BCUT2D eigenvalue weighted by molar-refractivity contribution is 7.10. The zero-order valence-electron chi connectivity index (χ0n) is 12.6. The van der Waals surface area contributed by atoms with Crippen molar-refractivity contribution in [3.63, 3.8) is 0 Å². The average molecular weight is 334 g/mol. The van der Waals surface area contributed by atoms with Gasteiger partial charge in [-0.25, -0.2) is 0 Å². The number of piperidine rings is 1. The minimum Gasteiger partial charge on any atom is -0.370 e. The molecule has 1 aromatic carbocycles. The van der Waals surface area contributed by atoms with Crippen LogP contribution in [0.3, 0.4) is 0 Å². The lowest BCUT2D eigenvalue weighted by Gasteiger charge is -2.44. The van der Waals surface area contributed by atoms with Gasteiger partial charge >= 0.3 is 0 Å². The van der Waals surface area contributed by atoms with Gasteiger partial charge in [-0.1, -0.05) is 23.7 Å². The molecule has 0 radical (unpaired) electrons. The highest BCUT2D eigenvalue weighted by Gasteiger charge is 2.41. The van der Waals surface area contributed by atoms with E-state index in [9.17, 15) is 0 Å². The summed E-state index contributed by atoms with van der Waals surface area (Å²) in [5.41, 5.74) is 2.79. The van der Waals surface area contributed by atoms with Crippen LogP contribution in [-0.4, -0.2) is 24.6 Å². The van der Waals surface area contributed by atoms with Crippen LogP contribution in [0.2, 0.25) is 5.02 Å². The van der Waals surface area contributed by atoms with Gasteiger partial charge in [0.1, 0.15) is 0 Å². The summed E-state index contributed by atoms with van der Waals surface area (Å²) in [5, 5.41) is 3.03. The van der Waals surface area contributed by atoms with Gasteiger partial charge in [0, 0.05) is 36.0 Å². The van der Waals surface area contributed by atoms with E-state index < -0.39 is 0 Å². The summed E-state index contributed by atoms with van der Waals surface area (Å²) in [5.74, 6) is 0. The smallest absolute Gasteiger partial charge is 0.0966 e. The Balaban J connectivity index is 1.44. The monoisotopic (exact) mass is 333 g/mol. The normalized spacial score (nSPS) is 21.0. The van der Waals surface area contributed by atoms with E-state index in [1.165, 1.54) is 16.0 Å². The van der Waals surface area contributed by atoms with Crippen molar-refractivity contribution in [2.24, 2.45) is 0 Å². The average Bonchev–Trinajstić information content (AvgIpc) is 3.02. The molecule has 2 aliphatic rings. The number of thiophene rings is 1. The third-order valence-corrected chi connectivity index (χ3v) is 6.16. The molecule has 22 heavy (non-hydrogen) atoms. The van der Waals surface area contributed by atoms with Crippen molar-refractivity contribution in [2.75, 3.05) is 19.7 Å². The molecular formula is C18H20ClNOS. The Bertz CT molecular complexity index is 643. The summed E-state index contributed by atoms with van der Waals surface area (Å²) in [4.78, 5) is 4.07. The van der Waals surface area contributed by atoms with Gasteiger partial charge in [0.15, 0.2) is 0 Å². The molecule has 1 saturated heterocycles. The topological polar surface area (TPSA) is 12.5 Å². The van der Waals surface area contributed by atoms with Gasteiger partial charge in [0.05, 0.1) is 12.2 Å². The molecular weight excluding hydrogens is 314 g/mol. The second-order valence-electron chi connectivity index (χ2n) is 6.25. The number of hydrogen-bond donors (Lipinski definition) is 0. The minimum atomic E-state index is -0.00984. The fraction of sp³-hybridized carbons (Fsp3) is 0.444. The van der Waals surface area contributed by atoms with Crippen LogP contribution >= 0.6 is 22.9 Å². The maximum absolute atomic E-state index is 6.27. The lowest BCUT2D eigenvalue weighted by molar-refractivity contribution is -0.0980. The summed E-state index contributed by atoms with van der Waals surface area (Å²) in [6, 6.07) is 10.5. The number of nitrogens with zero attached hydrogens (tertiary/aromatic N) is 1. The molecule has 1 spiro atoms. The lowest BCUT2D eigenvalue weighted by atomic mass is 9.82. The molecule has 116 valence electrons. The first-order valence-electron chi connectivity index (χ1n) is 7.93. The molecule has 1 fully saturated rings. The van der Waals surface area contributed by atoms with Crippen molar-refractivity contribution < 1.29 is 4.74 Å². The maximum Gasteiger partial charge on any atom is 0.0966 e. The van der Waals surface area contributed by atoms with Gasteiger partial charge in [-0.05, 0) is 47.5 Å². The number of ether oxygens (including phenoxy) is 1. The minimum absolute atomic E-state index is 0.00984. The number of likely N-dealkylation sites (tertiary alicyclic amines) is 1. The van der Waals surface area contributed by atoms with Crippen LogP contribution in [0.5, 0.6) is 0 Å². The van der Waals surface area contributed by atoms with E-state index in [0.717, 1.165) is 50.5 Å². The van der Waals surface area contributed by atoms with E-state index in [1.807, 2.05) is 23.5 Å². The van der Waals surface area contributed by atoms with Gasteiger partial charge in [-0.2, -0.15) is 0 Å². The molecule has 0 atom stereocenters. The van der Waals surface area contributed by atoms with Gasteiger partial charge in [0.2, 0.25) is 0 Å². The summed E-state index contributed by atoms with van der Waals surface area (Å²) in [6.45, 7) is 4.07. The fourth-order valence-corrected chi connectivity index (χ4v) is 4.77. The van der Waals surface area contributed by atoms with Crippen molar-refractivity contribution in [2.45, 2.75) is 31.4 Å². The molecule has 4 rings (SSSR count). The lowest BCUT2D eigenvalue weighted by Crippen LogP contribution is -2.45.